The van der Waals surface area contributed by atoms with Crippen molar-refractivity contribution in [1.82, 2.24) is 15.5 Å². The van der Waals surface area contributed by atoms with Crippen LogP contribution in [-0.4, -0.2) is 51.2 Å². The van der Waals surface area contributed by atoms with E-state index in [0.717, 1.165) is 12.0 Å². The van der Waals surface area contributed by atoms with Crippen molar-refractivity contribution >= 4 is 12.0 Å². The van der Waals surface area contributed by atoms with Crippen LogP contribution in [0.3, 0.4) is 0 Å². The van der Waals surface area contributed by atoms with Crippen molar-refractivity contribution in [2.45, 2.75) is 25.3 Å². The van der Waals surface area contributed by atoms with E-state index in [0.29, 0.717) is 25.9 Å². The van der Waals surface area contributed by atoms with Crippen LogP contribution in [0.1, 0.15) is 30.9 Å². The average Bonchev–Trinajstić information content (AvgIpc) is 2.55. The maximum Gasteiger partial charge on any atom is 0.314 e. The van der Waals surface area contributed by atoms with Crippen LogP contribution in [0.2, 0.25) is 0 Å². The molecule has 0 saturated heterocycles. The van der Waals surface area contributed by atoms with Gasteiger partial charge in [-0.3, -0.25) is 4.79 Å². The third-order valence-corrected chi connectivity index (χ3v) is 3.58. The standard InChI is InChI=1S/C17H27N3O3/c1-20(2)15(14-9-5-4-6-10-14)13-19-17(22)18-12-8-7-11-16(21)23-3/h4-6,9-10,15H,7-8,11-13H2,1-3H3,(H2,18,19,22). The summed E-state index contributed by atoms with van der Waals surface area (Å²) in [5.74, 6) is -0.217. The zero-order chi connectivity index (χ0) is 17.1. The molecule has 1 aromatic carbocycles. The molecule has 1 rings (SSSR count). The lowest BCUT2D eigenvalue weighted by atomic mass is 10.1. The predicted octanol–water partition coefficient (Wildman–Crippen LogP) is 1.93. The van der Waals surface area contributed by atoms with E-state index >= 15 is 0 Å². The van der Waals surface area contributed by atoms with E-state index in [1.165, 1.54) is 7.11 Å². The largest absolute Gasteiger partial charge is 0.469 e. The smallest absolute Gasteiger partial charge is 0.314 e. The molecule has 0 radical (unpaired) electrons. The summed E-state index contributed by atoms with van der Waals surface area (Å²) >= 11 is 0. The highest BCUT2D eigenvalue weighted by atomic mass is 16.5. The second kappa shape index (κ2) is 10.6. The molecule has 23 heavy (non-hydrogen) atoms. The molecule has 0 heterocycles. The molecule has 1 atom stereocenters. The summed E-state index contributed by atoms with van der Waals surface area (Å²) in [7, 11) is 5.36. The van der Waals surface area contributed by atoms with E-state index in [9.17, 15) is 9.59 Å². The Kier molecular flexibility index (Phi) is 8.75. The number of hydrogen-bond donors (Lipinski definition) is 2. The van der Waals surface area contributed by atoms with E-state index in [1.54, 1.807) is 0 Å². The topological polar surface area (TPSA) is 70.7 Å². The number of hydrogen-bond acceptors (Lipinski definition) is 4. The fourth-order valence-corrected chi connectivity index (χ4v) is 2.22. The minimum absolute atomic E-state index is 0.126. The van der Waals surface area contributed by atoms with E-state index in [-0.39, 0.29) is 18.0 Å². The van der Waals surface area contributed by atoms with Crippen LogP contribution in [0.25, 0.3) is 0 Å². The number of unbranched alkanes of at least 4 members (excludes halogenated alkanes) is 1. The number of ether oxygens (including phenoxy) is 1. The Bertz CT molecular complexity index is 477. The van der Waals surface area contributed by atoms with Gasteiger partial charge in [-0.05, 0) is 32.5 Å². The molecule has 0 saturated carbocycles. The van der Waals surface area contributed by atoms with Gasteiger partial charge in [-0.1, -0.05) is 30.3 Å². The van der Waals surface area contributed by atoms with Gasteiger partial charge in [0.2, 0.25) is 0 Å². The number of rotatable bonds is 9. The predicted molar refractivity (Wildman–Crippen MR) is 90.1 cm³/mol. The van der Waals surface area contributed by atoms with E-state index in [1.807, 2.05) is 32.3 Å². The van der Waals surface area contributed by atoms with Gasteiger partial charge < -0.3 is 20.3 Å². The van der Waals surface area contributed by atoms with Crippen molar-refractivity contribution < 1.29 is 14.3 Å². The van der Waals surface area contributed by atoms with Crippen LogP contribution in [0.15, 0.2) is 30.3 Å². The van der Waals surface area contributed by atoms with Gasteiger partial charge in [-0.15, -0.1) is 0 Å². The monoisotopic (exact) mass is 321 g/mol. The SMILES string of the molecule is COC(=O)CCCCNC(=O)NCC(c1ccccc1)N(C)C. The highest BCUT2D eigenvalue weighted by Crippen LogP contribution is 2.16. The molecule has 2 N–H and O–H groups in total. The van der Waals surface area contributed by atoms with Gasteiger partial charge >= 0.3 is 12.0 Å². The molecule has 0 aliphatic carbocycles. The Morgan fingerprint density at radius 3 is 2.43 bits per heavy atom. The molecule has 0 aliphatic rings. The Labute approximate surface area is 138 Å². The van der Waals surface area contributed by atoms with Crippen LogP contribution >= 0.6 is 0 Å². The molecule has 1 unspecified atom stereocenters. The number of benzene rings is 1. The van der Waals surface area contributed by atoms with Crippen LogP contribution in [0.4, 0.5) is 4.79 Å². The summed E-state index contributed by atoms with van der Waals surface area (Å²) in [6.07, 6.45) is 1.84. The molecular weight excluding hydrogens is 294 g/mol. The lowest BCUT2D eigenvalue weighted by Crippen LogP contribution is -2.40. The van der Waals surface area contributed by atoms with E-state index in [2.05, 4.69) is 32.4 Å². The number of amides is 2. The number of esters is 1. The Hall–Kier alpha value is -2.08. The van der Waals surface area contributed by atoms with Crippen molar-refractivity contribution in [1.29, 1.82) is 0 Å². The number of nitrogens with zero attached hydrogens (tertiary/aromatic N) is 1. The van der Waals surface area contributed by atoms with Crippen molar-refractivity contribution in [2.75, 3.05) is 34.3 Å². The molecule has 0 aromatic heterocycles. The number of carbonyl (C=O) groups excluding carboxylic acids is 2. The minimum atomic E-state index is -0.217. The zero-order valence-corrected chi connectivity index (χ0v) is 14.2. The summed E-state index contributed by atoms with van der Waals surface area (Å²) in [4.78, 5) is 24.9. The van der Waals surface area contributed by atoms with Crippen LogP contribution < -0.4 is 10.6 Å². The summed E-state index contributed by atoms with van der Waals surface area (Å²) < 4.78 is 4.56. The highest BCUT2D eigenvalue weighted by Gasteiger charge is 2.14. The average molecular weight is 321 g/mol. The molecule has 6 heteroatoms. The fraction of sp³-hybridized carbons (Fsp3) is 0.529. The first kappa shape index (κ1) is 19.0. The van der Waals surface area contributed by atoms with Gasteiger partial charge in [0.1, 0.15) is 0 Å². The number of carbonyl (C=O) groups is 2. The maximum atomic E-state index is 11.8. The summed E-state index contributed by atoms with van der Waals surface area (Å²) in [6, 6.07) is 10.0. The quantitative estimate of drug-likeness (QED) is 0.538. The van der Waals surface area contributed by atoms with E-state index in [4.69, 9.17) is 0 Å². The molecule has 128 valence electrons. The number of methoxy groups -OCH3 is 1. The molecule has 6 nitrogen and oxygen atoms in total. The Balaban J connectivity index is 2.27. The van der Waals surface area contributed by atoms with Gasteiger partial charge in [-0.25, -0.2) is 4.79 Å². The second-order valence-electron chi connectivity index (χ2n) is 5.56. The third kappa shape index (κ3) is 7.65. The zero-order valence-electron chi connectivity index (χ0n) is 14.2. The number of urea groups is 1. The van der Waals surface area contributed by atoms with Crippen molar-refractivity contribution in [3.63, 3.8) is 0 Å². The first-order valence-corrected chi connectivity index (χ1v) is 7.84. The van der Waals surface area contributed by atoms with Crippen LogP contribution in [-0.2, 0) is 9.53 Å². The summed E-state index contributed by atoms with van der Waals surface area (Å²) in [5.41, 5.74) is 1.16. The maximum absolute atomic E-state index is 11.8. The van der Waals surface area contributed by atoms with Gasteiger partial charge in [0.05, 0.1) is 13.2 Å². The van der Waals surface area contributed by atoms with E-state index < -0.39 is 0 Å². The lowest BCUT2D eigenvalue weighted by molar-refractivity contribution is -0.140. The molecule has 0 spiro atoms. The molecule has 0 bridgehead atoms. The Morgan fingerprint density at radius 1 is 1.13 bits per heavy atom. The summed E-state index contributed by atoms with van der Waals surface area (Å²) in [6.45, 7) is 1.08. The van der Waals surface area contributed by atoms with Crippen molar-refractivity contribution in [2.24, 2.45) is 0 Å². The molecule has 2 amide bonds. The fourth-order valence-electron chi connectivity index (χ4n) is 2.22. The molecule has 1 aromatic rings. The lowest BCUT2D eigenvalue weighted by Gasteiger charge is -2.25. The minimum Gasteiger partial charge on any atom is -0.469 e. The first-order valence-electron chi connectivity index (χ1n) is 7.84. The third-order valence-electron chi connectivity index (χ3n) is 3.58. The van der Waals surface area contributed by atoms with Crippen molar-refractivity contribution in [3.05, 3.63) is 35.9 Å². The summed E-state index contributed by atoms with van der Waals surface area (Å²) in [5, 5.41) is 5.69. The van der Waals surface area contributed by atoms with Crippen LogP contribution in [0, 0.1) is 0 Å². The molecular formula is C17H27N3O3. The van der Waals surface area contributed by atoms with Gasteiger partial charge in [0, 0.05) is 19.5 Å². The number of nitrogens with one attached hydrogen (secondary N) is 2. The molecule has 0 fully saturated rings. The highest BCUT2D eigenvalue weighted by molar-refractivity contribution is 5.73. The van der Waals surface area contributed by atoms with Gasteiger partial charge in [0.25, 0.3) is 0 Å². The second-order valence-corrected chi connectivity index (χ2v) is 5.56. The van der Waals surface area contributed by atoms with Gasteiger partial charge in [0.15, 0.2) is 0 Å². The first-order chi connectivity index (χ1) is 11.0. The van der Waals surface area contributed by atoms with Crippen molar-refractivity contribution in [3.8, 4) is 0 Å². The number of likely N-dealkylation sites (N-methyl/N-ethyl adjacent to an activating group) is 1. The Morgan fingerprint density at radius 2 is 1.83 bits per heavy atom. The molecule has 0 aliphatic heterocycles. The normalized spacial score (nSPS) is 11.8. The van der Waals surface area contributed by atoms with Gasteiger partial charge in [-0.2, -0.15) is 0 Å². The van der Waals surface area contributed by atoms with Crippen LogP contribution in [0.5, 0.6) is 0 Å².